The van der Waals surface area contributed by atoms with Crippen molar-refractivity contribution >= 4 is 47.0 Å². The highest BCUT2D eigenvalue weighted by Crippen LogP contribution is 2.64. The van der Waals surface area contributed by atoms with Gasteiger partial charge in [-0.2, -0.15) is 4.90 Å². The molecule has 0 unspecified atom stereocenters. The maximum absolute atomic E-state index is 14.4. The third kappa shape index (κ3) is 3.65. The van der Waals surface area contributed by atoms with Crippen LogP contribution in [0.3, 0.4) is 0 Å². The monoisotopic (exact) mass is 596 g/mol. The number of phenolic OH excluding ortho intramolecular Hbond substituents is 1. The molecule has 12 heteroatoms. The van der Waals surface area contributed by atoms with Gasteiger partial charge in [0.2, 0.25) is 23.6 Å². The van der Waals surface area contributed by atoms with Crippen LogP contribution in [0.25, 0.3) is 0 Å². The summed E-state index contributed by atoms with van der Waals surface area (Å²) in [6.45, 7) is 1.64. The minimum atomic E-state index is -1.45. The average Bonchev–Trinajstić information content (AvgIpc) is 3.34. The van der Waals surface area contributed by atoms with Gasteiger partial charge in [-0.1, -0.05) is 23.3 Å². The van der Waals surface area contributed by atoms with Crippen LogP contribution in [0.1, 0.15) is 31.2 Å². The summed E-state index contributed by atoms with van der Waals surface area (Å²) in [6.07, 6.45) is 0.818. The van der Waals surface area contributed by atoms with Gasteiger partial charge in [-0.3, -0.25) is 19.2 Å². The fourth-order valence-electron chi connectivity index (χ4n) is 7.39. The predicted molar refractivity (Wildman–Crippen MR) is 145 cm³/mol. The van der Waals surface area contributed by atoms with Crippen molar-refractivity contribution in [3.8, 4) is 11.5 Å². The van der Waals surface area contributed by atoms with E-state index in [1.165, 1.54) is 25.3 Å². The lowest BCUT2D eigenvalue weighted by Crippen LogP contribution is -2.49. The molecule has 1 N–H and O–H groups in total. The van der Waals surface area contributed by atoms with E-state index >= 15 is 0 Å². The van der Waals surface area contributed by atoms with Gasteiger partial charge in [0.1, 0.15) is 17.3 Å². The van der Waals surface area contributed by atoms with E-state index in [0.29, 0.717) is 21.8 Å². The Balaban J connectivity index is 1.54. The van der Waals surface area contributed by atoms with Crippen molar-refractivity contribution in [2.75, 3.05) is 19.1 Å². The number of hydrogen-bond acceptors (Lipinski definition) is 8. The van der Waals surface area contributed by atoms with Crippen molar-refractivity contribution in [2.24, 2.45) is 29.1 Å². The molecule has 3 fully saturated rings. The maximum atomic E-state index is 14.4. The highest BCUT2D eigenvalue weighted by atomic mass is 35.5. The van der Waals surface area contributed by atoms with Crippen LogP contribution in [0, 0.1) is 34.9 Å². The Morgan fingerprint density at radius 1 is 1.05 bits per heavy atom. The van der Waals surface area contributed by atoms with Gasteiger partial charge in [0.15, 0.2) is 0 Å². The number of likely N-dealkylation sites (tertiary alicyclic amines) is 1. The van der Waals surface area contributed by atoms with E-state index in [-0.39, 0.29) is 29.3 Å². The number of carbonyl (C=O) groups is 5. The quantitative estimate of drug-likeness (QED) is 0.412. The first-order valence-corrected chi connectivity index (χ1v) is 13.7. The molecule has 0 spiro atoms. The third-order valence-electron chi connectivity index (χ3n) is 9.34. The number of carbonyl (C=O) groups excluding carboxylic acids is 5. The Labute approximate surface area is 244 Å². The number of halogens is 2. The molecule has 2 saturated heterocycles. The van der Waals surface area contributed by atoms with Crippen molar-refractivity contribution < 1.29 is 42.9 Å². The Kier molecular flexibility index (Phi) is 6.41. The van der Waals surface area contributed by atoms with E-state index in [1.807, 2.05) is 0 Å². The standard InChI is InChI=1S/C30H26ClFN2O8/c1-30-19(26(37)33(28(30)39)13-4-8-21(32)20(31)10-13)12-17-15(24(30)18-11-14(41-2)5-9-22(18)35)6-7-16-23(17)27(38)34(25(16)36)29(40)42-3/h4-6,8-11,16-17,19,23-24,35H,7,12H2,1-3H3/t16-,17+,19-,23-,24+,30+/m0/s1. The molecule has 4 aliphatic rings. The zero-order valence-electron chi connectivity index (χ0n) is 22.8. The van der Waals surface area contributed by atoms with Crippen LogP contribution in [0.5, 0.6) is 11.5 Å². The van der Waals surface area contributed by atoms with Crippen LogP contribution in [0.2, 0.25) is 5.02 Å². The molecule has 5 amide bonds. The van der Waals surface area contributed by atoms with Crippen molar-refractivity contribution in [2.45, 2.75) is 25.7 Å². The second-order valence-electron chi connectivity index (χ2n) is 11.2. The molecule has 1 saturated carbocycles. The van der Waals surface area contributed by atoms with E-state index in [2.05, 4.69) is 4.74 Å². The molecular weight excluding hydrogens is 571 g/mol. The van der Waals surface area contributed by atoms with Gasteiger partial charge >= 0.3 is 6.09 Å². The molecule has 6 rings (SSSR count). The van der Waals surface area contributed by atoms with Crippen LogP contribution in [0.15, 0.2) is 48.0 Å². The zero-order valence-corrected chi connectivity index (χ0v) is 23.6. The van der Waals surface area contributed by atoms with Crippen LogP contribution in [-0.4, -0.2) is 53.9 Å². The number of imide groups is 4. The van der Waals surface area contributed by atoms with Gasteiger partial charge < -0.3 is 14.6 Å². The Morgan fingerprint density at radius 2 is 1.79 bits per heavy atom. The first-order chi connectivity index (χ1) is 19.9. The van der Waals surface area contributed by atoms with Gasteiger partial charge in [-0.05, 0) is 62.1 Å². The molecule has 6 atom stereocenters. The number of ether oxygens (including phenoxy) is 2. The summed E-state index contributed by atoms with van der Waals surface area (Å²) < 4.78 is 24.1. The number of hydrogen-bond donors (Lipinski definition) is 1. The smallest absolute Gasteiger partial charge is 0.423 e. The van der Waals surface area contributed by atoms with Gasteiger partial charge in [0.25, 0.3) is 0 Å². The molecule has 2 aliphatic carbocycles. The van der Waals surface area contributed by atoms with Gasteiger partial charge in [0.05, 0.1) is 48.1 Å². The maximum Gasteiger partial charge on any atom is 0.423 e. The molecule has 2 aromatic rings. The number of aromatic hydroxyl groups is 1. The van der Waals surface area contributed by atoms with Crippen molar-refractivity contribution in [1.29, 1.82) is 0 Å². The zero-order chi connectivity index (χ0) is 30.2. The number of nitrogens with zero attached hydrogens (tertiary/aromatic N) is 2. The van der Waals surface area contributed by atoms with Crippen molar-refractivity contribution in [1.82, 2.24) is 4.90 Å². The summed E-state index contributed by atoms with van der Waals surface area (Å²) in [4.78, 5) is 69.0. The van der Waals surface area contributed by atoms with Crippen molar-refractivity contribution in [3.63, 3.8) is 0 Å². The summed E-state index contributed by atoms with van der Waals surface area (Å²) >= 11 is 6.00. The number of methoxy groups -OCH3 is 2. The Hall–Kier alpha value is -4.25. The summed E-state index contributed by atoms with van der Waals surface area (Å²) in [7, 11) is 2.52. The second kappa shape index (κ2) is 9.65. The first-order valence-electron chi connectivity index (χ1n) is 13.3. The topological polar surface area (TPSA) is 131 Å². The highest BCUT2D eigenvalue weighted by molar-refractivity contribution is 6.31. The van der Waals surface area contributed by atoms with E-state index in [1.54, 1.807) is 25.1 Å². The molecule has 2 aliphatic heterocycles. The highest BCUT2D eigenvalue weighted by Gasteiger charge is 2.68. The number of rotatable bonds is 3. The van der Waals surface area contributed by atoms with E-state index < -0.39 is 70.5 Å². The largest absolute Gasteiger partial charge is 0.508 e. The van der Waals surface area contributed by atoms with Crippen LogP contribution < -0.4 is 9.64 Å². The normalized spacial score (nSPS) is 30.1. The van der Waals surface area contributed by atoms with Gasteiger partial charge in [-0.25, -0.2) is 14.1 Å². The first kappa shape index (κ1) is 27.9. The fourth-order valence-corrected chi connectivity index (χ4v) is 7.57. The van der Waals surface area contributed by atoms with Crippen LogP contribution >= 0.6 is 11.6 Å². The van der Waals surface area contributed by atoms with E-state index in [0.717, 1.165) is 18.1 Å². The summed E-state index contributed by atoms with van der Waals surface area (Å²) in [5.74, 6) is -7.52. The van der Waals surface area contributed by atoms with Crippen molar-refractivity contribution in [3.05, 3.63) is 64.5 Å². The third-order valence-corrected chi connectivity index (χ3v) is 9.63. The molecule has 0 aromatic heterocycles. The Bertz CT molecular complexity index is 1620. The molecule has 42 heavy (non-hydrogen) atoms. The van der Waals surface area contributed by atoms with Gasteiger partial charge in [-0.15, -0.1) is 0 Å². The average molecular weight is 597 g/mol. The lowest BCUT2D eigenvalue weighted by molar-refractivity contribution is -0.138. The molecular formula is C30H26ClFN2O8. The minimum absolute atomic E-state index is 0.0226. The summed E-state index contributed by atoms with van der Waals surface area (Å²) in [5.41, 5.74) is -0.464. The van der Waals surface area contributed by atoms with E-state index in [9.17, 15) is 33.5 Å². The number of fused-ring (bicyclic) bond motifs is 4. The second-order valence-corrected chi connectivity index (χ2v) is 11.6. The molecule has 10 nitrogen and oxygen atoms in total. The fraction of sp³-hybridized carbons (Fsp3) is 0.367. The Morgan fingerprint density at radius 3 is 2.45 bits per heavy atom. The number of amides is 5. The predicted octanol–water partition coefficient (Wildman–Crippen LogP) is 4.19. The number of phenols is 1. The number of anilines is 1. The van der Waals surface area contributed by atoms with Crippen LogP contribution in [0.4, 0.5) is 14.9 Å². The molecule has 0 radical (unpaired) electrons. The number of benzene rings is 2. The summed E-state index contributed by atoms with van der Waals surface area (Å²) in [6, 6.07) is 8.09. The van der Waals surface area contributed by atoms with Gasteiger partial charge in [0, 0.05) is 11.5 Å². The minimum Gasteiger partial charge on any atom is -0.508 e. The summed E-state index contributed by atoms with van der Waals surface area (Å²) in [5, 5.41) is 10.8. The molecule has 2 heterocycles. The molecule has 2 aromatic carbocycles. The van der Waals surface area contributed by atoms with Crippen LogP contribution in [-0.2, 0) is 23.9 Å². The van der Waals surface area contributed by atoms with E-state index in [4.69, 9.17) is 16.3 Å². The lowest BCUT2D eigenvalue weighted by atomic mass is 9.51. The molecule has 218 valence electrons. The lowest BCUT2D eigenvalue weighted by Gasteiger charge is -2.49. The SMILES string of the molecule is COC(=O)N1C(=O)[C@H]2[C@H](CC=C3[C@H]2C[C@H]2C(=O)N(c4ccc(F)c(Cl)c4)C(=O)[C@@]2(C)[C@H]3c2cc(OC)ccc2O)C1=O. The molecule has 0 bridgehead atoms. The number of allylic oxidation sites excluding steroid dienone is 2.